The molecule has 0 spiro atoms. The van der Waals surface area contributed by atoms with E-state index in [0.717, 1.165) is 18.0 Å². The average molecular weight is 237 g/mol. The molecule has 2 unspecified atom stereocenters. The lowest BCUT2D eigenvalue weighted by Crippen LogP contribution is -2.58. The number of likely N-dealkylation sites (N-methyl/N-ethyl adjacent to an activating group) is 1. The lowest BCUT2D eigenvalue weighted by atomic mass is 9.84. The number of rotatable bonds is 3. The maximum absolute atomic E-state index is 3.87. The summed E-state index contributed by atoms with van der Waals surface area (Å²) < 4.78 is 0. The molecule has 0 aromatic carbocycles. The fourth-order valence-electron chi connectivity index (χ4n) is 3.89. The Morgan fingerprint density at radius 2 is 1.88 bits per heavy atom. The number of hydrogen-bond donors (Lipinski definition) is 1. The number of fused-ring (bicyclic) bond motifs is 3. The van der Waals surface area contributed by atoms with Gasteiger partial charge in [-0.1, -0.05) is 6.42 Å². The zero-order valence-electron chi connectivity index (χ0n) is 11.2. The summed E-state index contributed by atoms with van der Waals surface area (Å²) in [5.41, 5.74) is 0. The lowest BCUT2D eigenvalue weighted by Gasteiger charge is -2.46. The van der Waals surface area contributed by atoms with Crippen LogP contribution in [0.2, 0.25) is 0 Å². The van der Waals surface area contributed by atoms with Gasteiger partial charge in [-0.05, 0) is 58.3 Å². The molecule has 0 amide bonds. The average Bonchev–Trinajstić information content (AvgIpc) is 2.39. The summed E-state index contributed by atoms with van der Waals surface area (Å²) >= 11 is 0. The Bertz CT molecular complexity index is 248. The molecule has 3 heteroatoms. The standard InChI is InChI=1S/C14H27N3/c1-16-7-3-2-4-13(16)10-15-14-11-17-8-5-12(14)6-9-17/h12-15H,2-11H2,1H3. The Kier molecular flexibility index (Phi) is 3.69. The van der Waals surface area contributed by atoms with Crippen LogP contribution >= 0.6 is 0 Å². The highest BCUT2D eigenvalue weighted by molar-refractivity contribution is 4.92. The quantitative estimate of drug-likeness (QED) is 0.794. The van der Waals surface area contributed by atoms with Gasteiger partial charge in [-0.2, -0.15) is 0 Å². The molecule has 4 heterocycles. The maximum Gasteiger partial charge on any atom is 0.0224 e. The Morgan fingerprint density at radius 1 is 1.06 bits per heavy atom. The van der Waals surface area contributed by atoms with Crippen LogP contribution in [-0.4, -0.2) is 61.7 Å². The molecular formula is C14H27N3. The largest absolute Gasteiger partial charge is 0.311 e. The summed E-state index contributed by atoms with van der Waals surface area (Å²) in [5, 5.41) is 3.87. The molecule has 1 N–H and O–H groups in total. The van der Waals surface area contributed by atoms with Gasteiger partial charge < -0.3 is 15.1 Å². The number of nitrogens with zero attached hydrogens (tertiary/aromatic N) is 2. The van der Waals surface area contributed by atoms with E-state index >= 15 is 0 Å². The van der Waals surface area contributed by atoms with E-state index in [4.69, 9.17) is 0 Å². The van der Waals surface area contributed by atoms with Gasteiger partial charge in [-0.3, -0.25) is 0 Å². The smallest absolute Gasteiger partial charge is 0.0224 e. The zero-order valence-corrected chi connectivity index (χ0v) is 11.2. The highest BCUT2D eigenvalue weighted by Gasteiger charge is 2.34. The Hall–Kier alpha value is -0.120. The third kappa shape index (κ3) is 2.67. The van der Waals surface area contributed by atoms with Gasteiger partial charge in [0.1, 0.15) is 0 Å². The van der Waals surface area contributed by atoms with Crippen LogP contribution in [0.3, 0.4) is 0 Å². The monoisotopic (exact) mass is 237 g/mol. The van der Waals surface area contributed by atoms with Crippen molar-refractivity contribution in [3.8, 4) is 0 Å². The first-order valence-corrected chi connectivity index (χ1v) is 7.49. The van der Waals surface area contributed by atoms with Crippen LogP contribution in [0.25, 0.3) is 0 Å². The van der Waals surface area contributed by atoms with Crippen LogP contribution in [-0.2, 0) is 0 Å². The van der Waals surface area contributed by atoms with Crippen molar-refractivity contribution in [2.45, 2.75) is 44.2 Å². The van der Waals surface area contributed by atoms with Crippen molar-refractivity contribution in [2.24, 2.45) is 5.92 Å². The van der Waals surface area contributed by atoms with Crippen molar-refractivity contribution in [3.63, 3.8) is 0 Å². The van der Waals surface area contributed by atoms with E-state index in [1.165, 1.54) is 64.8 Å². The summed E-state index contributed by atoms with van der Waals surface area (Å²) in [7, 11) is 2.29. The number of hydrogen-bond acceptors (Lipinski definition) is 3. The van der Waals surface area contributed by atoms with Crippen LogP contribution in [0.1, 0.15) is 32.1 Å². The van der Waals surface area contributed by atoms with Crippen molar-refractivity contribution in [1.82, 2.24) is 15.1 Å². The minimum absolute atomic E-state index is 0.785. The van der Waals surface area contributed by atoms with Gasteiger partial charge in [0.15, 0.2) is 0 Å². The number of likely N-dealkylation sites (tertiary alicyclic amines) is 1. The van der Waals surface area contributed by atoms with Gasteiger partial charge in [0.05, 0.1) is 0 Å². The van der Waals surface area contributed by atoms with E-state index in [0.29, 0.717) is 0 Å². The second kappa shape index (κ2) is 5.25. The molecule has 3 nitrogen and oxygen atoms in total. The molecule has 2 bridgehead atoms. The highest BCUT2D eigenvalue weighted by Crippen LogP contribution is 2.27. The summed E-state index contributed by atoms with van der Waals surface area (Å²) in [6.45, 7) is 6.53. The predicted molar refractivity (Wildman–Crippen MR) is 71.2 cm³/mol. The van der Waals surface area contributed by atoms with E-state index < -0.39 is 0 Å². The van der Waals surface area contributed by atoms with E-state index in [1.807, 2.05) is 0 Å². The summed E-state index contributed by atoms with van der Waals surface area (Å²) in [6, 6.07) is 1.58. The summed E-state index contributed by atoms with van der Waals surface area (Å²) in [6.07, 6.45) is 7.07. The van der Waals surface area contributed by atoms with Gasteiger partial charge >= 0.3 is 0 Å². The number of nitrogens with one attached hydrogen (secondary N) is 1. The zero-order chi connectivity index (χ0) is 11.7. The van der Waals surface area contributed by atoms with Crippen molar-refractivity contribution < 1.29 is 0 Å². The summed E-state index contributed by atoms with van der Waals surface area (Å²) in [4.78, 5) is 5.19. The predicted octanol–water partition coefficient (Wildman–Crippen LogP) is 1.15. The van der Waals surface area contributed by atoms with Crippen molar-refractivity contribution in [2.75, 3.05) is 39.8 Å². The van der Waals surface area contributed by atoms with Gasteiger partial charge in [-0.15, -0.1) is 0 Å². The molecule has 2 atom stereocenters. The van der Waals surface area contributed by atoms with Crippen LogP contribution in [0.15, 0.2) is 0 Å². The van der Waals surface area contributed by atoms with Gasteiger partial charge in [-0.25, -0.2) is 0 Å². The normalized spacial score (nSPS) is 42.9. The first-order chi connectivity index (χ1) is 8.33. The minimum atomic E-state index is 0.785. The molecular weight excluding hydrogens is 210 g/mol. The van der Waals surface area contributed by atoms with Gasteiger partial charge in [0, 0.05) is 25.2 Å². The molecule has 4 aliphatic rings. The van der Waals surface area contributed by atoms with Crippen LogP contribution in [0, 0.1) is 5.92 Å². The van der Waals surface area contributed by atoms with E-state index in [1.54, 1.807) is 0 Å². The highest BCUT2D eigenvalue weighted by atomic mass is 15.2. The Balaban J connectivity index is 1.47. The van der Waals surface area contributed by atoms with E-state index in [-0.39, 0.29) is 0 Å². The molecule has 0 aromatic rings. The third-order valence-electron chi connectivity index (χ3n) is 5.19. The summed E-state index contributed by atoms with van der Waals surface area (Å²) in [5.74, 6) is 0.967. The second-order valence-electron chi connectivity index (χ2n) is 6.28. The molecule has 4 fully saturated rings. The van der Waals surface area contributed by atoms with Crippen molar-refractivity contribution in [3.05, 3.63) is 0 Å². The molecule has 17 heavy (non-hydrogen) atoms. The molecule has 0 aliphatic carbocycles. The molecule has 4 aliphatic heterocycles. The molecule has 4 saturated heterocycles. The second-order valence-corrected chi connectivity index (χ2v) is 6.28. The van der Waals surface area contributed by atoms with Crippen LogP contribution in [0.5, 0.6) is 0 Å². The molecule has 98 valence electrons. The van der Waals surface area contributed by atoms with Crippen molar-refractivity contribution >= 4 is 0 Å². The van der Waals surface area contributed by atoms with Crippen molar-refractivity contribution in [1.29, 1.82) is 0 Å². The molecule has 0 aromatic heterocycles. The first kappa shape index (κ1) is 11.9. The Labute approximate surface area is 106 Å². The third-order valence-corrected chi connectivity index (χ3v) is 5.19. The Morgan fingerprint density at radius 3 is 2.53 bits per heavy atom. The maximum atomic E-state index is 3.87. The number of piperidine rings is 4. The van der Waals surface area contributed by atoms with Gasteiger partial charge in [0.2, 0.25) is 0 Å². The van der Waals surface area contributed by atoms with Crippen LogP contribution in [0.4, 0.5) is 0 Å². The van der Waals surface area contributed by atoms with E-state index in [9.17, 15) is 0 Å². The van der Waals surface area contributed by atoms with Crippen LogP contribution < -0.4 is 5.32 Å². The first-order valence-electron chi connectivity index (χ1n) is 7.49. The molecule has 0 saturated carbocycles. The van der Waals surface area contributed by atoms with E-state index in [2.05, 4.69) is 22.2 Å². The lowest BCUT2D eigenvalue weighted by molar-refractivity contribution is 0.0662. The van der Waals surface area contributed by atoms with Gasteiger partial charge in [0.25, 0.3) is 0 Å². The fourth-order valence-corrected chi connectivity index (χ4v) is 3.89. The minimum Gasteiger partial charge on any atom is -0.311 e. The topological polar surface area (TPSA) is 18.5 Å². The molecule has 4 rings (SSSR count). The molecule has 0 radical (unpaired) electrons. The SMILES string of the molecule is CN1CCCCC1CNC1CN2CCC1CC2. The fraction of sp³-hybridized carbons (Fsp3) is 1.00.